The van der Waals surface area contributed by atoms with Crippen molar-refractivity contribution in [3.63, 3.8) is 0 Å². The minimum atomic E-state index is -0.413. The van der Waals surface area contributed by atoms with Crippen LogP contribution in [-0.2, 0) is 9.53 Å². The molecule has 1 amide bonds. The quantitative estimate of drug-likeness (QED) is 0.535. The number of rotatable bonds is 8. The van der Waals surface area contributed by atoms with Crippen molar-refractivity contribution in [3.05, 3.63) is 65.1 Å². The molecule has 0 aliphatic rings. The van der Waals surface area contributed by atoms with Crippen molar-refractivity contribution in [2.75, 3.05) is 11.9 Å². The predicted molar refractivity (Wildman–Crippen MR) is 102 cm³/mol. The van der Waals surface area contributed by atoms with E-state index in [-0.39, 0.29) is 11.8 Å². The second-order valence-electron chi connectivity index (χ2n) is 5.62. The lowest BCUT2D eigenvalue weighted by Gasteiger charge is -2.09. The number of anilines is 1. The summed E-state index contributed by atoms with van der Waals surface area (Å²) in [4.78, 5) is 25.3. The lowest BCUT2D eigenvalue weighted by molar-refractivity contribution is -0.116. The topological polar surface area (TPSA) is 55.4 Å². The van der Waals surface area contributed by atoms with Gasteiger partial charge in [-0.1, -0.05) is 43.3 Å². The third kappa shape index (κ3) is 5.03. The predicted octanol–water partition coefficient (Wildman–Crippen LogP) is 4.98. The fourth-order valence-corrected chi connectivity index (χ4v) is 3.55. The first-order valence-electron chi connectivity index (χ1n) is 8.33. The number of hydrogen-bond acceptors (Lipinski definition) is 4. The van der Waals surface area contributed by atoms with Crippen molar-refractivity contribution in [2.24, 2.45) is 0 Å². The zero-order chi connectivity index (χ0) is 18.2. The monoisotopic (exact) mass is 357 g/mol. The van der Waals surface area contributed by atoms with Crippen LogP contribution in [0.2, 0.25) is 0 Å². The summed E-state index contributed by atoms with van der Waals surface area (Å²) in [5, 5.41) is 3.39. The minimum absolute atomic E-state index is 0.123. The first kappa shape index (κ1) is 18.9. The van der Waals surface area contributed by atoms with Crippen LogP contribution >= 0.6 is 11.3 Å². The van der Waals surface area contributed by atoms with Gasteiger partial charge in [0.2, 0.25) is 5.91 Å². The molecule has 0 bridgehead atoms. The van der Waals surface area contributed by atoms with Crippen molar-refractivity contribution in [3.8, 4) is 0 Å². The SMILES string of the molecule is C=CCCC(=O)Nc1sc([C@@H](C)c2ccccc2)cc1C(=O)OCC. The molecule has 2 rings (SSSR count). The van der Waals surface area contributed by atoms with Crippen molar-refractivity contribution < 1.29 is 14.3 Å². The molecular weight excluding hydrogens is 334 g/mol. The van der Waals surface area contributed by atoms with Gasteiger partial charge in [0.1, 0.15) is 5.00 Å². The first-order valence-corrected chi connectivity index (χ1v) is 9.15. The Labute approximate surface area is 152 Å². The van der Waals surface area contributed by atoms with Crippen LogP contribution in [0, 0.1) is 0 Å². The van der Waals surface area contributed by atoms with Crippen molar-refractivity contribution in [1.82, 2.24) is 0 Å². The number of carbonyl (C=O) groups is 2. The summed E-state index contributed by atoms with van der Waals surface area (Å²) in [6.45, 7) is 7.76. The number of carbonyl (C=O) groups excluding carboxylic acids is 2. The maximum absolute atomic E-state index is 12.3. The van der Waals surface area contributed by atoms with Gasteiger partial charge >= 0.3 is 5.97 Å². The Bertz CT molecular complexity index is 737. The summed E-state index contributed by atoms with van der Waals surface area (Å²) in [7, 11) is 0. The summed E-state index contributed by atoms with van der Waals surface area (Å²) in [5.41, 5.74) is 1.57. The van der Waals surface area contributed by atoms with E-state index >= 15 is 0 Å². The number of benzene rings is 1. The average Bonchev–Trinajstić information content (AvgIpc) is 3.04. The molecule has 0 aliphatic heterocycles. The number of ether oxygens (including phenoxy) is 1. The van der Waals surface area contributed by atoms with E-state index in [9.17, 15) is 9.59 Å². The highest BCUT2D eigenvalue weighted by Crippen LogP contribution is 2.36. The van der Waals surface area contributed by atoms with Crippen LogP contribution in [0.4, 0.5) is 5.00 Å². The van der Waals surface area contributed by atoms with Crippen molar-refractivity contribution in [2.45, 2.75) is 32.6 Å². The molecule has 0 unspecified atom stereocenters. The summed E-state index contributed by atoms with van der Waals surface area (Å²) >= 11 is 1.42. The van der Waals surface area contributed by atoms with E-state index in [1.54, 1.807) is 13.0 Å². The zero-order valence-corrected chi connectivity index (χ0v) is 15.4. The third-order valence-corrected chi connectivity index (χ3v) is 5.03. The van der Waals surface area contributed by atoms with Crippen LogP contribution in [0.1, 0.15) is 53.4 Å². The molecule has 1 atom stereocenters. The molecule has 1 aromatic carbocycles. The number of nitrogens with one attached hydrogen (secondary N) is 1. The maximum atomic E-state index is 12.3. The minimum Gasteiger partial charge on any atom is -0.462 e. The standard InChI is InChI=1S/C20H23NO3S/c1-4-6-12-18(22)21-19-16(20(23)24-5-2)13-17(25-19)14(3)15-10-8-7-9-11-15/h4,7-11,13-14H,1,5-6,12H2,2-3H3,(H,21,22)/t14-/m0/s1. The zero-order valence-electron chi connectivity index (χ0n) is 14.6. The van der Waals surface area contributed by atoms with Gasteiger partial charge in [0.15, 0.2) is 0 Å². The molecule has 132 valence electrons. The Morgan fingerprint density at radius 3 is 2.68 bits per heavy atom. The molecule has 2 aromatic rings. The second-order valence-corrected chi connectivity index (χ2v) is 6.70. The van der Waals surface area contributed by atoms with Gasteiger partial charge in [-0.15, -0.1) is 17.9 Å². The average molecular weight is 357 g/mol. The lowest BCUT2D eigenvalue weighted by atomic mass is 9.99. The van der Waals surface area contributed by atoms with Gasteiger partial charge in [0.05, 0.1) is 12.2 Å². The van der Waals surface area contributed by atoms with Crippen LogP contribution in [0.5, 0.6) is 0 Å². The van der Waals surface area contributed by atoms with Gasteiger partial charge in [0.25, 0.3) is 0 Å². The molecule has 4 nitrogen and oxygen atoms in total. The Kier molecular flexibility index (Phi) is 6.95. The van der Waals surface area contributed by atoms with Crippen LogP contribution in [0.15, 0.2) is 49.1 Å². The molecule has 0 saturated heterocycles. The number of allylic oxidation sites excluding steroid dienone is 1. The lowest BCUT2D eigenvalue weighted by Crippen LogP contribution is -2.13. The van der Waals surface area contributed by atoms with E-state index < -0.39 is 5.97 Å². The van der Waals surface area contributed by atoms with Crippen LogP contribution in [0.25, 0.3) is 0 Å². The number of amides is 1. The molecular formula is C20H23NO3S. The molecule has 0 radical (unpaired) electrons. The summed E-state index contributed by atoms with van der Waals surface area (Å²) < 4.78 is 5.13. The van der Waals surface area contributed by atoms with Gasteiger partial charge in [-0.3, -0.25) is 4.79 Å². The third-order valence-electron chi connectivity index (χ3n) is 3.80. The maximum Gasteiger partial charge on any atom is 0.341 e. The summed E-state index contributed by atoms with van der Waals surface area (Å²) in [6, 6.07) is 11.9. The van der Waals surface area contributed by atoms with Gasteiger partial charge in [-0.2, -0.15) is 0 Å². The molecule has 1 N–H and O–H groups in total. The molecule has 1 aromatic heterocycles. The highest BCUT2D eigenvalue weighted by molar-refractivity contribution is 7.16. The van der Waals surface area contributed by atoms with Crippen LogP contribution in [-0.4, -0.2) is 18.5 Å². The van der Waals surface area contributed by atoms with E-state index in [0.717, 1.165) is 10.4 Å². The normalized spacial score (nSPS) is 11.6. The summed E-state index contributed by atoms with van der Waals surface area (Å²) in [6.07, 6.45) is 2.63. The van der Waals surface area contributed by atoms with Gasteiger partial charge in [-0.05, 0) is 25.0 Å². The Hall–Kier alpha value is -2.40. The fourth-order valence-electron chi connectivity index (χ4n) is 2.41. The van der Waals surface area contributed by atoms with Crippen molar-refractivity contribution in [1.29, 1.82) is 0 Å². The fraction of sp³-hybridized carbons (Fsp3) is 0.300. The molecule has 1 heterocycles. The molecule has 5 heteroatoms. The highest BCUT2D eigenvalue weighted by atomic mass is 32.1. The number of hydrogen-bond donors (Lipinski definition) is 1. The molecule has 0 aliphatic carbocycles. The molecule has 0 saturated carbocycles. The first-order chi connectivity index (χ1) is 12.1. The van der Waals surface area contributed by atoms with E-state index in [4.69, 9.17) is 4.74 Å². The van der Waals surface area contributed by atoms with Gasteiger partial charge < -0.3 is 10.1 Å². The largest absolute Gasteiger partial charge is 0.462 e. The number of esters is 1. The molecule has 25 heavy (non-hydrogen) atoms. The van der Waals surface area contributed by atoms with E-state index in [1.165, 1.54) is 11.3 Å². The smallest absolute Gasteiger partial charge is 0.341 e. The van der Waals surface area contributed by atoms with Crippen LogP contribution < -0.4 is 5.32 Å². The van der Waals surface area contributed by atoms with Gasteiger partial charge in [-0.25, -0.2) is 4.79 Å². The number of thiophene rings is 1. The Morgan fingerprint density at radius 2 is 2.04 bits per heavy atom. The second kappa shape index (κ2) is 9.18. The van der Waals surface area contributed by atoms with E-state index in [0.29, 0.717) is 30.0 Å². The Balaban J connectivity index is 2.29. The summed E-state index contributed by atoms with van der Waals surface area (Å²) in [5.74, 6) is -0.423. The Morgan fingerprint density at radius 1 is 1.32 bits per heavy atom. The van der Waals surface area contributed by atoms with Crippen molar-refractivity contribution >= 4 is 28.2 Å². The van der Waals surface area contributed by atoms with Gasteiger partial charge in [0, 0.05) is 17.2 Å². The highest BCUT2D eigenvalue weighted by Gasteiger charge is 2.21. The molecule has 0 spiro atoms. The van der Waals surface area contributed by atoms with Crippen LogP contribution in [0.3, 0.4) is 0 Å². The molecule has 0 fully saturated rings. The van der Waals surface area contributed by atoms with E-state index in [1.807, 2.05) is 24.3 Å². The van der Waals surface area contributed by atoms with E-state index in [2.05, 4.69) is 31.0 Å².